The molecule has 1 aliphatic rings. The van der Waals surface area contributed by atoms with Crippen molar-refractivity contribution in [2.75, 3.05) is 23.7 Å². The van der Waals surface area contributed by atoms with Gasteiger partial charge in [0.25, 0.3) is 0 Å². The van der Waals surface area contributed by atoms with E-state index < -0.39 is 5.60 Å². The highest BCUT2D eigenvalue weighted by Crippen LogP contribution is 2.21. The summed E-state index contributed by atoms with van der Waals surface area (Å²) in [5, 5.41) is 2.95. The average molecular weight is 343 g/mol. The average Bonchev–Trinajstić information content (AvgIpc) is 2.52. The lowest BCUT2D eigenvalue weighted by Gasteiger charge is -2.34. The van der Waals surface area contributed by atoms with Crippen molar-refractivity contribution < 1.29 is 9.53 Å². The van der Waals surface area contributed by atoms with Crippen LogP contribution in [0.1, 0.15) is 33.6 Å². The Balaban J connectivity index is 1.69. The van der Waals surface area contributed by atoms with E-state index in [0.717, 1.165) is 36.2 Å². The van der Waals surface area contributed by atoms with Crippen LogP contribution in [0.3, 0.4) is 0 Å². The van der Waals surface area contributed by atoms with Gasteiger partial charge in [-0.15, -0.1) is 0 Å². The van der Waals surface area contributed by atoms with Crippen molar-refractivity contribution >= 4 is 28.6 Å². The number of carbonyl (C=O) groups is 1. The van der Waals surface area contributed by atoms with Crippen molar-refractivity contribution in [1.82, 2.24) is 15.3 Å². The summed E-state index contributed by atoms with van der Waals surface area (Å²) >= 11 is 0. The van der Waals surface area contributed by atoms with E-state index in [2.05, 4.69) is 20.2 Å². The molecule has 3 rings (SSSR count). The monoisotopic (exact) mass is 343 g/mol. The van der Waals surface area contributed by atoms with Gasteiger partial charge in [0.15, 0.2) is 0 Å². The van der Waals surface area contributed by atoms with Crippen molar-refractivity contribution in [3.8, 4) is 0 Å². The molecule has 0 bridgehead atoms. The van der Waals surface area contributed by atoms with Crippen LogP contribution in [0.15, 0.2) is 24.4 Å². The topological polar surface area (TPSA) is 93.4 Å². The molecule has 2 aromatic rings. The number of hydrogen-bond donors (Lipinski definition) is 2. The van der Waals surface area contributed by atoms with Crippen LogP contribution in [0.4, 0.5) is 16.3 Å². The van der Waals surface area contributed by atoms with Gasteiger partial charge < -0.3 is 20.7 Å². The number of nitrogens with one attached hydrogen (secondary N) is 1. The number of anilines is 2. The number of aromatic nitrogens is 2. The van der Waals surface area contributed by atoms with Gasteiger partial charge in [-0.05, 0) is 51.8 Å². The normalized spacial score (nSPS) is 18.2. The molecule has 1 atom stereocenters. The summed E-state index contributed by atoms with van der Waals surface area (Å²) in [5.74, 6) is 0.813. The summed E-state index contributed by atoms with van der Waals surface area (Å²) in [5.41, 5.74) is 7.56. The van der Waals surface area contributed by atoms with Crippen molar-refractivity contribution in [1.29, 1.82) is 0 Å². The molecule has 1 fully saturated rings. The molecule has 1 aliphatic heterocycles. The van der Waals surface area contributed by atoms with Gasteiger partial charge in [-0.2, -0.15) is 0 Å². The van der Waals surface area contributed by atoms with Crippen molar-refractivity contribution in [3.05, 3.63) is 24.4 Å². The second-order valence-corrected chi connectivity index (χ2v) is 7.41. The molecule has 2 heterocycles. The van der Waals surface area contributed by atoms with E-state index in [1.165, 1.54) is 0 Å². The molecule has 0 unspecified atom stereocenters. The standard InChI is InChI=1S/C18H25N5O2/c1-18(2,3)25-17(24)21-13-5-4-8-23(11-13)16-10-20-15-9-12(19)6-7-14(15)22-16/h6-7,9-10,13H,4-5,8,11,19H2,1-3H3,(H,21,24)/t13-/m1/s1. The Labute approximate surface area is 147 Å². The summed E-state index contributed by atoms with van der Waals surface area (Å²) in [6.07, 6.45) is 3.28. The molecule has 1 amide bonds. The fraction of sp³-hybridized carbons (Fsp3) is 0.500. The molecule has 0 saturated carbocycles. The number of rotatable bonds is 2. The minimum Gasteiger partial charge on any atom is -0.444 e. The second kappa shape index (κ2) is 6.74. The van der Waals surface area contributed by atoms with Gasteiger partial charge in [-0.25, -0.2) is 9.78 Å². The van der Waals surface area contributed by atoms with E-state index in [9.17, 15) is 4.79 Å². The van der Waals surface area contributed by atoms with Gasteiger partial charge in [0, 0.05) is 24.8 Å². The van der Waals surface area contributed by atoms with Crippen LogP contribution in [0.5, 0.6) is 0 Å². The van der Waals surface area contributed by atoms with E-state index in [4.69, 9.17) is 10.5 Å². The maximum Gasteiger partial charge on any atom is 0.407 e. The lowest BCUT2D eigenvalue weighted by atomic mass is 10.1. The molecule has 0 aliphatic carbocycles. The van der Waals surface area contributed by atoms with Crippen molar-refractivity contribution in [2.24, 2.45) is 0 Å². The maximum absolute atomic E-state index is 12.0. The third-order valence-electron chi connectivity index (χ3n) is 4.02. The number of fused-ring (bicyclic) bond motifs is 1. The Morgan fingerprint density at radius 3 is 2.92 bits per heavy atom. The fourth-order valence-electron chi connectivity index (χ4n) is 2.95. The molecule has 3 N–H and O–H groups in total. The van der Waals surface area contributed by atoms with Gasteiger partial charge >= 0.3 is 6.09 Å². The number of hydrogen-bond acceptors (Lipinski definition) is 6. The number of carbonyl (C=O) groups excluding carboxylic acids is 1. The van der Waals surface area contributed by atoms with Crippen LogP contribution >= 0.6 is 0 Å². The number of piperidine rings is 1. The predicted molar refractivity (Wildman–Crippen MR) is 98.6 cm³/mol. The first-order valence-corrected chi connectivity index (χ1v) is 8.57. The SMILES string of the molecule is CC(C)(C)OC(=O)N[C@@H]1CCCN(c2cnc3cc(N)ccc3n2)C1. The lowest BCUT2D eigenvalue weighted by Crippen LogP contribution is -2.49. The van der Waals surface area contributed by atoms with Gasteiger partial charge in [0.1, 0.15) is 11.4 Å². The Morgan fingerprint density at radius 2 is 2.16 bits per heavy atom. The van der Waals surface area contributed by atoms with E-state index in [-0.39, 0.29) is 12.1 Å². The summed E-state index contributed by atoms with van der Waals surface area (Å²) in [6, 6.07) is 5.55. The smallest absolute Gasteiger partial charge is 0.407 e. The largest absolute Gasteiger partial charge is 0.444 e. The van der Waals surface area contributed by atoms with Crippen molar-refractivity contribution in [2.45, 2.75) is 45.3 Å². The van der Waals surface area contributed by atoms with Crippen LogP contribution in [0.25, 0.3) is 11.0 Å². The molecule has 1 aromatic carbocycles. The van der Waals surface area contributed by atoms with Crippen LogP contribution < -0.4 is 16.0 Å². The number of amides is 1. The van der Waals surface area contributed by atoms with Crippen LogP contribution in [-0.2, 0) is 4.74 Å². The molecule has 7 heteroatoms. The fourth-order valence-corrected chi connectivity index (χ4v) is 2.95. The molecule has 0 spiro atoms. The molecule has 25 heavy (non-hydrogen) atoms. The first kappa shape index (κ1) is 17.3. The Kier molecular flexibility index (Phi) is 4.65. The zero-order valence-corrected chi connectivity index (χ0v) is 15.0. The molecular weight excluding hydrogens is 318 g/mol. The molecule has 7 nitrogen and oxygen atoms in total. The Hall–Kier alpha value is -2.57. The highest BCUT2D eigenvalue weighted by Gasteiger charge is 2.25. The van der Waals surface area contributed by atoms with E-state index >= 15 is 0 Å². The summed E-state index contributed by atoms with van der Waals surface area (Å²) in [7, 11) is 0. The van der Waals surface area contributed by atoms with E-state index in [1.807, 2.05) is 39.0 Å². The number of benzene rings is 1. The Bertz CT molecular complexity index is 772. The first-order valence-electron chi connectivity index (χ1n) is 8.57. The van der Waals surface area contributed by atoms with Gasteiger partial charge in [-0.1, -0.05) is 0 Å². The molecule has 134 valence electrons. The first-order chi connectivity index (χ1) is 11.8. The summed E-state index contributed by atoms with van der Waals surface area (Å²) in [6.45, 7) is 7.15. The van der Waals surface area contributed by atoms with Gasteiger partial charge in [0.2, 0.25) is 0 Å². The number of nitrogen functional groups attached to an aromatic ring is 1. The lowest BCUT2D eigenvalue weighted by molar-refractivity contribution is 0.0500. The number of ether oxygens (including phenoxy) is 1. The minimum atomic E-state index is -0.496. The maximum atomic E-state index is 12.0. The molecule has 0 radical (unpaired) electrons. The quantitative estimate of drug-likeness (QED) is 0.814. The van der Waals surface area contributed by atoms with E-state index in [1.54, 1.807) is 6.20 Å². The van der Waals surface area contributed by atoms with Gasteiger partial charge in [-0.3, -0.25) is 4.98 Å². The highest BCUT2D eigenvalue weighted by atomic mass is 16.6. The number of nitrogens with zero attached hydrogens (tertiary/aromatic N) is 3. The third-order valence-corrected chi connectivity index (χ3v) is 4.02. The van der Waals surface area contributed by atoms with E-state index in [0.29, 0.717) is 12.2 Å². The number of alkyl carbamates (subject to hydrolysis) is 1. The molecule has 1 aromatic heterocycles. The van der Waals surface area contributed by atoms with Crippen LogP contribution in [0.2, 0.25) is 0 Å². The predicted octanol–water partition coefficient (Wildman–Crippen LogP) is 2.71. The number of nitrogens with two attached hydrogens (primary N) is 1. The van der Waals surface area contributed by atoms with Crippen LogP contribution in [0, 0.1) is 0 Å². The zero-order chi connectivity index (χ0) is 18.0. The zero-order valence-electron chi connectivity index (χ0n) is 15.0. The third kappa shape index (κ3) is 4.49. The highest BCUT2D eigenvalue weighted by molar-refractivity contribution is 5.79. The van der Waals surface area contributed by atoms with Crippen LogP contribution in [-0.4, -0.2) is 40.8 Å². The molecular formula is C18H25N5O2. The van der Waals surface area contributed by atoms with Gasteiger partial charge in [0.05, 0.1) is 17.2 Å². The second-order valence-electron chi connectivity index (χ2n) is 7.41. The summed E-state index contributed by atoms with van der Waals surface area (Å²) < 4.78 is 5.34. The summed E-state index contributed by atoms with van der Waals surface area (Å²) in [4.78, 5) is 23.3. The molecule has 1 saturated heterocycles. The minimum absolute atomic E-state index is 0.0347. The van der Waals surface area contributed by atoms with Crippen molar-refractivity contribution in [3.63, 3.8) is 0 Å². The Morgan fingerprint density at radius 1 is 1.36 bits per heavy atom.